The normalized spacial score (nSPS) is 16.8. The minimum Gasteiger partial charge on any atom is -0.297 e. The molecule has 0 saturated carbocycles. The fourth-order valence-corrected chi connectivity index (χ4v) is 3.27. The van der Waals surface area contributed by atoms with Crippen LogP contribution in [0.4, 0.5) is 4.39 Å². The topological polar surface area (TPSA) is 6.48 Å². The number of piperazine rings is 1. The molecule has 1 aliphatic rings. The molecule has 0 unspecified atom stereocenters. The molecule has 0 bridgehead atoms. The van der Waals surface area contributed by atoms with E-state index in [0.29, 0.717) is 4.47 Å². The molecule has 1 heterocycles. The number of rotatable bonds is 4. The van der Waals surface area contributed by atoms with Gasteiger partial charge in [-0.1, -0.05) is 36.4 Å². The fraction of sp³-hybridized carbons (Fsp3) is 0.333. The van der Waals surface area contributed by atoms with E-state index in [1.54, 1.807) is 0 Å². The quantitative estimate of drug-likeness (QED) is 0.813. The Kier molecular flexibility index (Phi) is 5.24. The van der Waals surface area contributed by atoms with Crippen LogP contribution in [0.1, 0.15) is 11.1 Å². The van der Waals surface area contributed by atoms with Crippen LogP contribution in [-0.2, 0) is 13.1 Å². The molecule has 1 saturated heterocycles. The van der Waals surface area contributed by atoms with E-state index in [4.69, 9.17) is 0 Å². The zero-order chi connectivity index (χ0) is 15.4. The van der Waals surface area contributed by atoms with Crippen LogP contribution in [0, 0.1) is 5.82 Å². The average Bonchev–Trinajstić information content (AvgIpc) is 2.54. The maximum absolute atomic E-state index is 13.3. The van der Waals surface area contributed by atoms with E-state index in [-0.39, 0.29) is 5.82 Å². The molecule has 2 nitrogen and oxygen atoms in total. The van der Waals surface area contributed by atoms with E-state index in [1.807, 2.05) is 12.1 Å². The molecule has 1 aliphatic heterocycles. The standard InChI is InChI=1S/C18H20BrFN2/c19-17-12-16(6-7-18(17)20)14-22-10-8-21(9-11-22)13-15-4-2-1-3-5-15/h1-7,12H,8-11,13-14H2. The van der Waals surface area contributed by atoms with Crippen molar-refractivity contribution in [2.75, 3.05) is 26.2 Å². The number of nitrogens with zero attached hydrogens (tertiary/aromatic N) is 2. The van der Waals surface area contributed by atoms with Crippen LogP contribution in [0.2, 0.25) is 0 Å². The van der Waals surface area contributed by atoms with Crippen molar-refractivity contribution in [1.82, 2.24) is 9.80 Å². The molecule has 0 aromatic heterocycles. The molecule has 1 fully saturated rings. The van der Waals surface area contributed by atoms with Gasteiger partial charge in [0.25, 0.3) is 0 Å². The second-order valence-electron chi connectivity index (χ2n) is 5.79. The van der Waals surface area contributed by atoms with Crippen molar-refractivity contribution in [2.24, 2.45) is 0 Å². The third-order valence-electron chi connectivity index (χ3n) is 4.10. The first-order valence-electron chi connectivity index (χ1n) is 7.63. The Hall–Kier alpha value is -1.23. The van der Waals surface area contributed by atoms with Gasteiger partial charge in [0.2, 0.25) is 0 Å². The molecule has 3 rings (SSSR count). The lowest BCUT2D eigenvalue weighted by Crippen LogP contribution is -2.45. The molecule has 116 valence electrons. The van der Waals surface area contributed by atoms with Gasteiger partial charge >= 0.3 is 0 Å². The molecule has 2 aromatic carbocycles. The molecule has 0 amide bonds. The van der Waals surface area contributed by atoms with Gasteiger partial charge in [0.15, 0.2) is 0 Å². The van der Waals surface area contributed by atoms with Crippen LogP contribution in [-0.4, -0.2) is 36.0 Å². The fourth-order valence-electron chi connectivity index (χ4n) is 2.84. The van der Waals surface area contributed by atoms with E-state index in [0.717, 1.165) is 44.8 Å². The monoisotopic (exact) mass is 362 g/mol. The van der Waals surface area contributed by atoms with Gasteiger partial charge in [-0.15, -0.1) is 0 Å². The summed E-state index contributed by atoms with van der Waals surface area (Å²) in [6.07, 6.45) is 0. The highest BCUT2D eigenvalue weighted by molar-refractivity contribution is 9.10. The summed E-state index contributed by atoms with van der Waals surface area (Å²) in [5, 5.41) is 0. The van der Waals surface area contributed by atoms with Gasteiger partial charge in [-0.25, -0.2) is 4.39 Å². The number of hydrogen-bond acceptors (Lipinski definition) is 2. The molecular weight excluding hydrogens is 343 g/mol. The second kappa shape index (κ2) is 7.36. The van der Waals surface area contributed by atoms with Crippen LogP contribution in [0.25, 0.3) is 0 Å². The molecule has 22 heavy (non-hydrogen) atoms. The highest BCUT2D eigenvalue weighted by Gasteiger charge is 2.17. The van der Waals surface area contributed by atoms with Crippen molar-refractivity contribution in [3.8, 4) is 0 Å². The van der Waals surface area contributed by atoms with Gasteiger partial charge in [-0.2, -0.15) is 0 Å². The Labute approximate surface area is 139 Å². The predicted molar refractivity (Wildman–Crippen MR) is 91.1 cm³/mol. The van der Waals surface area contributed by atoms with Gasteiger partial charge in [0.1, 0.15) is 5.82 Å². The Bertz CT molecular complexity index is 610. The largest absolute Gasteiger partial charge is 0.297 e. The Morgan fingerprint density at radius 3 is 2.00 bits per heavy atom. The summed E-state index contributed by atoms with van der Waals surface area (Å²) >= 11 is 3.26. The lowest BCUT2D eigenvalue weighted by Gasteiger charge is -2.34. The summed E-state index contributed by atoms with van der Waals surface area (Å²) in [6, 6.07) is 15.9. The maximum Gasteiger partial charge on any atom is 0.137 e. The van der Waals surface area contributed by atoms with Gasteiger partial charge in [0, 0.05) is 39.3 Å². The average molecular weight is 363 g/mol. The van der Waals surface area contributed by atoms with Crippen LogP contribution in [0.3, 0.4) is 0 Å². The van der Waals surface area contributed by atoms with Gasteiger partial charge < -0.3 is 0 Å². The first kappa shape index (κ1) is 15.7. The number of benzene rings is 2. The van der Waals surface area contributed by atoms with Crippen LogP contribution in [0.5, 0.6) is 0 Å². The molecule has 4 heteroatoms. The van der Waals surface area contributed by atoms with Crippen molar-refractivity contribution in [2.45, 2.75) is 13.1 Å². The molecule has 2 aromatic rings. The SMILES string of the molecule is Fc1ccc(CN2CCN(Cc3ccccc3)CC2)cc1Br. The summed E-state index contributed by atoms with van der Waals surface area (Å²) in [6.45, 7) is 6.19. The summed E-state index contributed by atoms with van der Waals surface area (Å²) in [5.41, 5.74) is 2.53. The van der Waals surface area contributed by atoms with Crippen LogP contribution in [0.15, 0.2) is 53.0 Å². The molecule has 0 aliphatic carbocycles. The van der Waals surface area contributed by atoms with Crippen molar-refractivity contribution in [3.05, 3.63) is 69.9 Å². The first-order valence-corrected chi connectivity index (χ1v) is 8.42. The Balaban J connectivity index is 1.50. The molecule has 0 N–H and O–H groups in total. The van der Waals surface area contributed by atoms with Crippen molar-refractivity contribution in [3.63, 3.8) is 0 Å². The van der Waals surface area contributed by atoms with E-state index < -0.39 is 0 Å². The second-order valence-corrected chi connectivity index (χ2v) is 6.64. The van der Waals surface area contributed by atoms with Crippen LogP contribution < -0.4 is 0 Å². The minimum atomic E-state index is -0.198. The highest BCUT2D eigenvalue weighted by Crippen LogP contribution is 2.18. The third kappa shape index (κ3) is 4.15. The van der Waals surface area contributed by atoms with Crippen molar-refractivity contribution < 1.29 is 4.39 Å². The van der Waals surface area contributed by atoms with E-state index in [2.05, 4.69) is 56.1 Å². The zero-order valence-corrected chi connectivity index (χ0v) is 14.1. The van der Waals surface area contributed by atoms with Crippen LogP contribution >= 0.6 is 15.9 Å². The Morgan fingerprint density at radius 1 is 0.818 bits per heavy atom. The first-order chi connectivity index (χ1) is 10.7. The smallest absolute Gasteiger partial charge is 0.137 e. The lowest BCUT2D eigenvalue weighted by atomic mass is 10.1. The van der Waals surface area contributed by atoms with E-state index in [1.165, 1.54) is 11.6 Å². The molecular formula is C18H20BrFN2. The number of hydrogen-bond donors (Lipinski definition) is 0. The van der Waals surface area contributed by atoms with E-state index in [9.17, 15) is 4.39 Å². The van der Waals surface area contributed by atoms with Gasteiger partial charge in [-0.3, -0.25) is 9.80 Å². The summed E-state index contributed by atoms with van der Waals surface area (Å²) in [7, 11) is 0. The molecule has 0 spiro atoms. The van der Waals surface area contributed by atoms with Gasteiger partial charge in [-0.05, 0) is 39.2 Å². The highest BCUT2D eigenvalue weighted by atomic mass is 79.9. The molecule has 0 radical (unpaired) electrons. The van der Waals surface area contributed by atoms with E-state index >= 15 is 0 Å². The summed E-state index contributed by atoms with van der Waals surface area (Å²) in [5.74, 6) is -0.198. The van der Waals surface area contributed by atoms with Crippen molar-refractivity contribution >= 4 is 15.9 Å². The summed E-state index contributed by atoms with van der Waals surface area (Å²) < 4.78 is 13.8. The van der Waals surface area contributed by atoms with Crippen molar-refractivity contribution in [1.29, 1.82) is 0 Å². The van der Waals surface area contributed by atoms with Gasteiger partial charge in [0.05, 0.1) is 4.47 Å². The number of halogens is 2. The zero-order valence-electron chi connectivity index (χ0n) is 12.5. The Morgan fingerprint density at radius 2 is 1.41 bits per heavy atom. The summed E-state index contributed by atoms with van der Waals surface area (Å²) in [4.78, 5) is 4.92. The third-order valence-corrected chi connectivity index (χ3v) is 4.71. The minimum absolute atomic E-state index is 0.198. The molecule has 0 atom stereocenters. The lowest BCUT2D eigenvalue weighted by molar-refractivity contribution is 0.122. The maximum atomic E-state index is 13.3. The predicted octanol–water partition coefficient (Wildman–Crippen LogP) is 3.91.